The molecule has 2 amide bonds. The summed E-state index contributed by atoms with van der Waals surface area (Å²) in [6.07, 6.45) is 7.53. The van der Waals surface area contributed by atoms with Crippen molar-refractivity contribution >= 4 is 34.8 Å². The minimum Gasteiger partial charge on any atom is -0.379 e. The molecule has 2 fully saturated rings. The van der Waals surface area contributed by atoms with Crippen LogP contribution in [-0.4, -0.2) is 74.1 Å². The van der Waals surface area contributed by atoms with E-state index in [1.165, 1.54) is 18.4 Å². The second-order valence-electron chi connectivity index (χ2n) is 11.4. The minimum absolute atomic E-state index is 0.0409. The van der Waals surface area contributed by atoms with E-state index in [0.29, 0.717) is 30.2 Å². The summed E-state index contributed by atoms with van der Waals surface area (Å²) in [5.41, 5.74) is 4.73. The van der Waals surface area contributed by atoms with Crippen LogP contribution in [-0.2, 0) is 22.6 Å². The van der Waals surface area contributed by atoms with E-state index in [-0.39, 0.29) is 11.8 Å². The predicted octanol–water partition coefficient (Wildman–Crippen LogP) is 5.73. The zero-order chi connectivity index (χ0) is 27.9. The van der Waals surface area contributed by atoms with E-state index in [4.69, 9.17) is 16.3 Å². The third-order valence-corrected chi connectivity index (χ3v) is 8.77. The van der Waals surface area contributed by atoms with Crippen LogP contribution in [0.5, 0.6) is 0 Å². The molecule has 3 aliphatic heterocycles. The molecule has 0 N–H and O–H groups in total. The zero-order valence-corrected chi connectivity index (χ0v) is 24.6. The standard InChI is InChI=1S/C32H43ClN4O3/c1-25(38)37-16-6-4-2-3-5-15-36(32(39)29-22-28(11-12-30(29)33)35-13-7-8-14-35)24-27-10-9-26(21-31(27)37)23-34-17-19-40-20-18-34/h9-12,21-22H,2-8,13-20,23-24H2,1H3. The Hall–Kier alpha value is -2.61. The van der Waals surface area contributed by atoms with Crippen LogP contribution in [0.2, 0.25) is 5.02 Å². The van der Waals surface area contributed by atoms with Crippen LogP contribution in [0.1, 0.15) is 73.4 Å². The lowest BCUT2D eigenvalue weighted by Crippen LogP contribution is -2.36. The molecule has 0 aliphatic carbocycles. The Balaban J connectivity index is 1.46. The van der Waals surface area contributed by atoms with Crippen molar-refractivity contribution in [3.05, 3.63) is 58.1 Å². The number of amides is 2. The predicted molar refractivity (Wildman–Crippen MR) is 161 cm³/mol. The number of halogens is 1. The van der Waals surface area contributed by atoms with Crippen molar-refractivity contribution < 1.29 is 14.3 Å². The lowest BCUT2D eigenvalue weighted by molar-refractivity contribution is -0.116. The molecule has 2 aromatic carbocycles. The molecule has 0 aromatic heterocycles. The van der Waals surface area contributed by atoms with E-state index >= 15 is 0 Å². The van der Waals surface area contributed by atoms with Gasteiger partial charge in [0.15, 0.2) is 0 Å². The Morgan fingerprint density at radius 3 is 2.27 bits per heavy atom. The summed E-state index contributed by atoms with van der Waals surface area (Å²) in [5, 5.41) is 0.491. The highest BCUT2D eigenvalue weighted by atomic mass is 35.5. The first-order valence-corrected chi connectivity index (χ1v) is 15.4. The maximum Gasteiger partial charge on any atom is 0.255 e. The van der Waals surface area contributed by atoms with Gasteiger partial charge in [0, 0.05) is 70.7 Å². The van der Waals surface area contributed by atoms with Gasteiger partial charge in [0.25, 0.3) is 5.91 Å². The van der Waals surface area contributed by atoms with Crippen LogP contribution in [0.4, 0.5) is 11.4 Å². The maximum absolute atomic E-state index is 14.1. The Bertz CT molecular complexity index is 1180. The van der Waals surface area contributed by atoms with Gasteiger partial charge in [0.2, 0.25) is 5.91 Å². The molecule has 8 heteroatoms. The number of hydrogen-bond acceptors (Lipinski definition) is 5. The molecule has 5 rings (SSSR count). The number of carbonyl (C=O) groups is 2. The molecule has 2 saturated heterocycles. The lowest BCUT2D eigenvalue weighted by atomic mass is 10.0. The molecule has 0 radical (unpaired) electrons. The first-order chi connectivity index (χ1) is 19.5. The monoisotopic (exact) mass is 566 g/mol. The fraction of sp³-hybridized carbons (Fsp3) is 0.562. The quantitative estimate of drug-likeness (QED) is 0.473. The van der Waals surface area contributed by atoms with Crippen LogP contribution < -0.4 is 9.80 Å². The minimum atomic E-state index is -0.0409. The number of rotatable bonds is 4. The van der Waals surface area contributed by atoms with Crippen LogP contribution >= 0.6 is 11.6 Å². The van der Waals surface area contributed by atoms with Crippen molar-refractivity contribution in [3.8, 4) is 0 Å². The number of morpholine rings is 1. The number of hydrogen-bond donors (Lipinski definition) is 0. The number of anilines is 2. The first kappa shape index (κ1) is 28.9. The van der Waals surface area contributed by atoms with Gasteiger partial charge in [-0.1, -0.05) is 43.0 Å². The highest BCUT2D eigenvalue weighted by Crippen LogP contribution is 2.30. The van der Waals surface area contributed by atoms with E-state index in [1.54, 1.807) is 6.92 Å². The van der Waals surface area contributed by atoms with E-state index in [0.717, 1.165) is 95.0 Å². The van der Waals surface area contributed by atoms with E-state index < -0.39 is 0 Å². The third-order valence-electron chi connectivity index (χ3n) is 8.44. The average molecular weight is 567 g/mol. The maximum atomic E-state index is 14.1. The normalized spacial score (nSPS) is 19.6. The largest absolute Gasteiger partial charge is 0.379 e. The second kappa shape index (κ2) is 13.8. The topological polar surface area (TPSA) is 56.3 Å². The first-order valence-electron chi connectivity index (χ1n) is 15.0. The highest BCUT2D eigenvalue weighted by Gasteiger charge is 2.25. The fourth-order valence-corrected chi connectivity index (χ4v) is 6.34. The number of benzene rings is 2. The van der Waals surface area contributed by atoms with Crippen LogP contribution in [0.15, 0.2) is 36.4 Å². The number of ether oxygens (including phenoxy) is 1. The Morgan fingerprint density at radius 2 is 1.52 bits per heavy atom. The fourth-order valence-electron chi connectivity index (χ4n) is 6.14. The van der Waals surface area contributed by atoms with Crippen molar-refractivity contribution in [3.63, 3.8) is 0 Å². The third kappa shape index (κ3) is 7.17. The molecule has 0 spiro atoms. The molecule has 216 valence electrons. The molecule has 40 heavy (non-hydrogen) atoms. The molecular formula is C32H43ClN4O3. The van der Waals surface area contributed by atoms with Gasteiger partial charge in [0.1, 0.15) is 0 Å². The molecule has 0 saturated carbocycles. The van der Waals surface area contributed by atoms with Gasteiger partial charge in [-0.3, -0.25) is 14.5 Å². The molecule has 3 heterocycles. The SMILES string of the molecule is CC(=O)N1CCCCCCCN(C(=O)c2cc(N3CCCC3)ccc2Cl)Cc2ccc(CN3CCOCC3)cc21. The summed E-state index contributed by atoms with van der Waals surface area (Å²) in [6, 6.07) is 12.3. The van der Waals surface area contributed by atoms with Crippen LogP contribution in [0.25, 0.3) is 0 Å². The van der Waals surface area contributed by atoms with E-state index in [9.17, 15) is 9.59 Å². The van der Waals surface area contributed by atoms with Gasteiger partial charge < -0.3 is 19.4 Å². The van der Waals surface area contributed by atoms with Crippen LogP contribution in [0.3, 0.4) is 0 Å². The molecule has 0 bridgehead atoms. The summed E-state index contributed by atoms with van der Waals surface area (Å²) in [7, 11) is 0. The molecule has 0 unspecified atom stereocenters. The van der Waals surface area contributed by atoms with Crippen LogP contribution in [0, 0.1) is 0 Å². The molecule has 7 nitrogen and oxygen atoms in total. The number of nitrogens with zero attached hydrogens (tertiary/aromatic N) is 4. The smallest absolute Gasteiger partial charge is 0.255 e. The average Bonchev–Trinajstić information content (AvgIpc) is 3.49. The van der Waals surface area contributed by atoms with Gasteiger partial charge in [0.05, 0.1) is 23.8 Å². The summed E-state index contributed by atoms with van der Waals surface area (Å²) in [6.45, 7) is 9.63. The van der Waals surface area contributed by atoms with Crippen molar-refractivity contribution in [1.29, 1.82) is 0 Å². The van der Waals surface area contributed by atoms with E-state index in [2.05, 4.69) is 28.0 Å². The summed E-state index contributed by atoms with van der Waals surface area (Å²) in [5.74, 6) is 0.00175. The number of carbonyl (C=O) groups excluding carboxylic acids is 2. The van der Waals surface area contributed by atoms with Gasteiger partial charge in [-0.25, -0.2) is 0 Å². The van der Waals surface area contributed by atoms with E-state index in [1.807, 2.05) is 28.0 Å². The Morgan fingerprint density at radius 1 is 0.825 bits per heavy atom. The van der Waals surface area contributed by atoms with Crippen molar-refractivity contribution in [2.24, 2.45) is 0 Å². The van der Waals surface area contributed by atoms with Crippen molar-refractivity contribution in [1.82, 2.24) is 9.80 Å². The van der Waals surface area contributed by atoms with Crippen molar-refractivity contribution in [2.75, 3.05) is 62.3 Å². The molecule has 0 atom stereocenters. The zero-order valence-electron chi connectivity index (χ0n) is 23.9. The van der Waals surface area contributed by atoms with Gasteiger partial charge in [-0.05, 0) is 61.1 Å². The Kier molecular flexibility index (Phi) is 10.00. The molecule has 3 aliphatic rings. The van der Waals surface area contributed by atoms with Gasteiger partial charge >= 0.3 is 0 Å². The second-order valence-corrected chi connectivity index (χ2v) is 11.8. The van der Waals surface area contributed by atoms with Crippen molar-refractivity contribution in [2.45, 2.75) is 65.0 Å². The van der Waals surface area contributed by atoms with Gasteiger partial charge in [-0.15, -0.1) is 0 Å². The van der Waals surface area contributed by atoms with Gasteiger partial charge in [-0.2, -0.15) is 0 Å². The molecular weight excluding hydrogens is 524 g/mol. The molecule has 2 aromatic rings. The highest BCUT2D eigenvalue weighted by molar-refractivity contribution is 6.34. The Labute approximate surface area is 244 Å². The summed E-state index contributed by atoms with van der Waals surface area (Å²) in [4.78, 5) is 35.6. The lowest BCUT2D eigenvalue weighted by Gasteiger charge is -2.31. The number of fused-ring (bicyclic) bond motifs is 1. The summed E-state index contributed by atoms with van der Waals surface area (Å²) >= 11 is 6.64. The summed E-state index contributed by atoms with van der Waals surface area (Å²) < 4.78 is 5.53.